The van der Waals surface area contributed by atoms with Gasteiger partial charge in [0.2, 0.25) is 0 Å². The molecule has 1 aliphatic carbocycles. The van der Waals surface area contributed by atoms with Crippen molar-refractivity contribution in [1.82, 2.24) is 5.32 Å². The van der Waals surface area contributed by atoms with Crippen LogP contribution in [0.25, 0.3) is 0 Å². The summed E-state index contributed by atoms with van der Waals surface area (Å²) in [7, 11) is 0. The molecule has 1 heterocycles. The van der Waals surface area contributed by atoms with Crippen molar-refractivity contribution in [2.75, 3.05) is 0 Å². The van der Waals surface area contributed by atoms with Crippen LogP contribution in [-0.2, 0) is 0 Å². The molecule has 9 heavy (non-hydrogen) atoms. The molecule has 0 radical (unpaired) electrons. The average molecular weight is 125 g/mol. The van der Waals surface area contributed by atoms with E-state index in [9.17, 15) is 0 Å². The molecule has 1 aliphatic heterocycles. The summed E-state index contributed by atoms with van der Waals surface area (Å²) in [4.78, 5) is 0. The molecule has 52 valence electrons. The highest BCUT2D eigenvalue weighted by Gasteiger charge is 2.42. The third-order valence-electron chi connectivity index (χ3n) is 2.81. The summed E-state index contributed by atoms with van der Waals surface area (Å²) in [5.74, 6) is 0. The van der Waals surface area contributed by atoms with E-state index < -0.39 is 0 Å². The fraction of sp³-hybridized carbons (Fsp3) is 1.00. The van der Waals surface area contributed by atoms with Crippen LogP contribution in [0.4, 0.5) is 0 Å². The number of hydrogen-bond donors (Lipinski definition) is 1. The Hall–Kier alpha value is -0.0400. The zero-order valence-corrected chi connectivity index (χ0v) is 6.11. The third kappa shape index (κ3) is 0.787. The SMILES string of the molecule is CC1CC2(CCCC2)N1. The lowest BCUT2D eigenvalue weighted by Gasteiger charge is -2.45. The highest BCUT2D eigenvalue weighted by Crippen LogP contribution is 2.39. The summed E-state index contributed by atoms with van der Waals surface area (Å²) < 4.78 is 0. The maximum Gasteiger partial charge on any atom is 0.0198 e. The fourth-order valence-electron chi connectivity index (χ4n) is 2.49. The monoisotopic (exact) mass is 125 g/mol. The molecular weight excluding hydrogens is 110 g/mol. The van der Waals surface area contributed by atoms with Crippen molar-refractivity contribution >= 4 is 0 Å². The molecule has 1 nitrogen and oxygen atoms in total. The molecule has 1 N–H and O–H groups in total. The molecule has 0 amide bonds. The Morgan fingerprint density at radius 2 is 1.89 bits per heavy atom. The van der Waals surface area contributed by atoms with Gasteiger partial charge in [0.15, 0.2) is 0 Å². The third-order valence-corrected chi connectivity index (χ3v) is 2.81. The first-order chi connectivity index (χ1) is 4.31. The van der Waals surface area contributed by atoms with Gasteiger partial charge in [0, 0.05) is 11.6 Å². The quantitative estimate of drug-likeness (QED) is 0.519. The van der Waals surface area contributed by atoms with Gasteiger partial charge in [-0.2, -0.15) is 0 Å². The largest absolute Gasteiger partial charge is 0.309 e. The first-order valence-corrected chi connectivity index (χ1v) is 4.08. The molecule has 1 heteroatoms. The van der Waals surface area contributed by atoms with Crippen LogP contribution in [0.2, 0.25) is 0 Å². The van der Waals surface area contributed by atoms with Gasteiger partial charge >= 0.3 is 0 Å². The summed E-state index contributed by atoms with van der Waals surface area (Å²) in [5.41, 5.74) is 0.638. The van der Waals surface area contributed by atoms with E-state index in [-0.39, 0.29) is 0 Å². The summed E-state index contributed by atoms with van der Waals surface area (Å²) in [6.45, 7) is 2.28. The van der Waals surface area contributed by atoms with Crippen molar-refractivity contribution in [3.05, 3.63) is 0 Å². The van der Waals surface area contributed by atoms with Crippen LogP contribution in [0.3, 0.4) is 0 Å². The van der Waals surface area contributed by atoms with Crippen LogP contribution in [0.1, 0.15) is 39.0 Å². The molecule has 0 aromatic carbocycles. The predicted molar refractivity (Wildman–Crippen MR) is 38.4 cm³/mol. The van der Waals surface area contributed by atoms with Gasteiger partial charge < -0.3 is 5.32 Å². The number of rotatable bonds is 0. The number of hydrogen-bond acceptors (Lipinski definition) is 1. The lowest BCUT2D eigenvalue weighted by molar-refractivity contribution is 0.153. The first kappa shape index (κ1) is 5.72. The van der Waals surface area contributed by atoms with Gasteiger partial charge in [0.1, 0.15) is 0 Å². The molecule has 2 rings (SSSR count). The Bertz CT molecular complexity index is 106. The van der Waals surface area contributed by atoms with Gasteiger partial charge in [-0.05, 0) is 26.2 Å². The Kier molecular flexibility index (Phi) is 1.10. The van der Waals surface area contributed by atoms with E-state index in [1.54, 1.807) is 0 Å². The second kappa shape index (κ2) is 1.72. The highest BCUT2D eigenvalue weighted by atomic mass is 15.1. The molecule has 1 saturated heterocycles. The van der Waals surface area contributed by atoms with Crippen LogP contribution in [0.15, 0.2) is 0 Å². The van der Waals surface area contributed by atoms with Gasteiger partial charge in [-0.3, -0.25) is 0 Å². The van der Waals surface area contributed by atoms with E-state index in [1.165, 1.54) is 32.1 Å². The summed E-state index contributed by atoms with van der Waals surface area (Å²) in [6, 6.07) is 0.808. The van der Waals surface area contributed by atoms with Crippen molar-refractivity contribution in [1.29, 1.82) is 0 Å². The highest BCUT2D eigenvalue weighted by molar-refractivity contribution is 5.03. The van der Waals surface area contributed by atoms with E-state index >= 15 is 0 Å². The standard InChI is InChI=1S/C8H15N/c1-7-6-8(9-7)4-2-3-5-8/h7,9H,2-6H2,1H3. The second-order valence-corrected chi connectivity index (χ2v) is 3.74. The van der Waals surface area contributed by atoms with E-state index in [1.807, 2.05) is 0 Å². The minimum absolute atomic E-state index is 0.638. The van der Waals surface area contributed by atoms with Crippen LogP contribution in [-0.4, -0.2) is 11.6 Å². The summed E-state index contributed by atoms with van der Waals surface area (Å²) in [5, 5.41) is 3.62. The average Bonchev–Trinajstić information content (AvgIpc) is 2.12. The van der Waals surface area contributed by atoms with Crippen molar-refractivity contribution < 1.29 is 0 Å². The fourth-order valence-corrected chi connectivity index (χ4v) is 2.49. The molecule has 0 bridgehead atoms. The summed E-state index contributed by atoms with van der Waals surface area (Å²) in [6.07, 6.45) is 7.24. The molecule has 1 saturated carbocycles. The Balaban J connectivity index is 1.95. The topological polar surface area (TPSA) is 12.0 Å². The van der Waals surface area contributed by atoms with Crippen molar-refractivity contribution in [3.8, 4) is 0 Å². The first-order valence-electron chi connectivity index (χ1n) is 4.08. The molecule has 1 atom stereocenters. The molecule has 1 spiro atoms. The molecule has 1 unspecified atom stereocenters. The molecule has 2 aliphatic rings. The van der Waals surface area contributed by atoms with Crippen molar-refractivity contribution in [2.24, 2.45) is 0 Å². The van der Waals surface area contributed by atoms with E-state index in [0.29, 0.717) is 5.54 Å². The van der Waals surface area contributed by atoms with E-state index in [0.717, 1.165) is 6.04 Å². The van der Waals surface area contributed by atoms with Gasteiger partial charge in [-0.25, -0.2) is 0 Å². The van der Waals surface area contributed by atoms with Gasteiger partial charge in [-0.15, -0.1) is 0 Å². The minimum Gasteiger partial charge on any atom is -0.309 e. The number of nitrogens with one attached hydrogen (secondary N) is 1. The molecule has 0 aromatic rings. The van der Waals surface area contributed by atoms with Crippen LogP contribution in [0, 0.1) is 0 Å². The Morgan fingerprint density at radius 1 is 1.33 bits per heavy atom. The molecule has 2 fully saturated rings. The maximum absolute atomic E-state index is 3.62. The maximum atomic E-state index is 3.62. The molecular formula is C8H15N. The van der Waals surface area contributed by atoms with Crippen molar-refractivity contribution in [2.45, 2.75) is 50.6 Å². The second-order valence-electron chi connectivity index (χ2n) is 3.74. The van der Waals surface area contributed by atoms with E-state index in [4.69, 9.17) is 0 Å². The Labute approximate surface area is 56.8 Å². The van der Waals surface area contributed by atoms with Crippen molar-refractivity contribution in [3.63, 3.8) is 0 Å². The lowest BCUT2D eigenvalue weighted by atomic mass is 9.81. The zero-order chi connectivity index (χ0) is 6.32. The van der Waals surface area contributed by atoms with Gasteiger partial charge in [0.25, 0.3) is 0 Å². The van der Waals surface area contributed by atoms with Gasteiger partial charge in [0.05, 0.1) is 0 Å². The van der Waals surface area contributed by atoms with Gasteiger partial charge in [-0.1, -0.05) is 12.8 Å². The van der Waals surface area contributed by atoms with Crippen LogP contribution < -0.4 is 5.32 Å². The zero-order valence-electron chi connectivity index (χ0n) is 6.11. The van der Waals surface area contributed by atoms with E-state index in [2.05, 4.69) is 12.2 Å². The van der Waals surface area contributed by atoms with Crippen LogP contribution in [0.5, 0.6) is 0 Å². The normalized spacial score (nSPS) is 39.0. The lowest BCUT2D eigenvalue weighted by Crippen LogP contribution is -2.60. The predicted octanol–water partition coefficient (Wildman–Crippen LogP) is 1.68. The smallest absolute Gasteiger partial charge is 0.0198 e. The summed E-state index contributed by atoms with van der Waals surface area (Å²) >= 11 is 0. The Morgan fingerprint density at radius 3 is 2.33 bits per heavy atom. The molecule has 0 aromatic heterocycles. The minimum atomic E-state index is 0.638. The van der Waals surface area contributed by atoms with Crippen LogP contribution >= 0.6 is 0 Å².